The molecule has 3 nitrogen and oxygen atoms in total. The lowest BCUT2D eigenvalue weighted by atomic mass is 9.71. The Morgan fingerprint density at radius 1 is 1.36 bits per heavy atom. The number of piperidine rings is 1. The molecule has 3 atom stereocenters. The van der Waals surface area contributed by atoms with Crippen LogP contribution in [0.5, 0.6) is 0 Å². The maximum atomic E-state index is 9.24. The number of aromatic nitrogens is 1. The third-order valence-electron chi connectivity index (χ3n) is 6.16. The van der Waals surface area contributed by atoms with Gasteiger partial charge in [-0.15, -0.1) is 0 Å². The lowest BCUT2D eigenvalue weighted by Gasteiger charge is -2.47. The Hall–Kier alpha value is -1.31. The second-order valence-electron chi connectivity index (χ2n) is 7.69. The molecule has 0 spiro atoms. The fourth-order valence-electron chi connectivity index (χ4n) is 5.22. The fraction of sp³-hybridized carbons (Fsp3) is 0.571. The molecule has 0 saturated carbocycles. The molecular weight excluding hydrogens is 374 g/mol. The topological polar surface area (TPSA) is 42.8 Å². The first-order valence-corrected chi connectivity index (χ1v) is 10.4. The number of likely N-dealkylation sites (tertiary alicyclic amines) is 1. The Kier molecular flexibility index (Phi) is 4.64. The van der Waals surface area contributed by atoms with Gasteiger partial charge in [0, 0.05) is 46.0 Å². The van der Waals surface area contributed by atoms with Crippen molar-refractivity contribution in [3.05, 3.63) is 33.4 Å². The molecule has 1 unspecified atom stereocenters. The van der Waals surface area contributed by atoms with Gasteiger partial charge in [-0.3, -0.25) is 4.90 Å². The molecule has 0 bridgehead atoms. The zero-order valence-electron chi connectivity index (χ0n) is 15.1. The molecule has 25 heavy (non-hydrogen) atoms. The van der Waals surface area contributed by atoms with Crippen molar-refractivity contribution in [3.63, 3.8) is 0 Å². The number of aromatic amines is 1. The first-order valence-electron chi connectivity index (χ1n) is 9.60. The number of fused-ring (bicyclic) bond motifs is 2. The van der Waals surface area contributed by atoms with Gasteiger partial charge in [0.15, 0.2) is 0 Å². The maximum Gasteiger partial charge on any atom is 0.0625 e. The van der Waals surface area contributed by atoms with Crippen LogP contribution in [0.2, 0.25) is 0 Å². The second kappa shape index (κ2) is 6.78. The molecule has 1 aromatic heterocycles. The quantitative estimate of drug-likeness (QED) is 0.772. The summed E-state index contributed by atoms with van der Waals surface area (Å²) in [5.41, 5.74) is 5.72. The van der Waals surface area contributed by atoms with E-state index in [1.54, 1.807) is 5.56 Å². The van der Waals surface area contributed by atoms with Crippen molar-refractivity contribution in [2.75, 3.05) is 13.1 Å². The van der Waals surface area contributed by atoms with Crippen molar-refractivity contribution >= 4 is 26.8 Å². The number of aryl methyl sites for hydroxylation is 1. The molecule has 4 heteroatoms. The lowest BCUT2D eigenvalue weighted by molar-refractivity contribution is 0.0860. The van der Waals surface area contributed by atoms with Gasteiger partial charge in [0.25, 0.3) is 0 Å². The number of rotatable bonds is 4. The molecule has 1 saturated heterocycles. The number of nitriles is 1. The van der Waals surface area contributed by atoms with Gasteiger partial charge in [-0.25, -0.2) is 0 Å². The minimum atomic E-state index is 0.498. The second-order valence-corrected chi connectivity index (χ2v) is 8.61. The third-order valence-corrected chi connectivity index (χ3v) is 6.61. The number of halogens is 1. The van der Waals surface area contributed by atoms with Crippen LogP contribution in [-0.2, 0) is 12.8 Å². The number of H-pyrrole nitrogens is 1. The molecule has 1 aliphatic carbocycles. The summed E-state index contributed by atoms with van der Waals surface area (Å²) in [6, 6.07) is 7.57. The Balaban J connectivity index is 1.85. The van der Waals surface area contributed by atoms with Crippen molar-refractivity contribution in [1.29, 1.82) is 5.26 Å². The van der Waals surface area contributed by atoms with Crippen LogP contribution in [0.25, 0.3) is 10.9 Å². The number of nitrogens with one attached hydrogen (secondary N) is 1. The highest BCUT2D eigenvalue weighted by molar-refractivity contribution is 9.10. The molecule has 1 aliphatic heterocycles. The van der Waals surface area contributed by atoms with Gasteiger partial charge < -0.3 is 4.98 Å². The molecule has 132 valence electrons. The van der Waals surface area contributed by atoms with Gasteiger partial charge in [0.05, 0.1) is 6.07 Å². The first kappa shape index (κ1) is 17.1. The van der Waals surface area contributed by atoms with E-state index in [2.05, 4.69) is 57.9 Å². The largest absolute Gasteiger partial charge is 0.358 e. The van der Waals surface area contributed by atoms with Crippen molar-refractivity contribution in [2.45, 2.75) is 57.9 Å². The molecule has 2 heterocycles. The van der Waals surface area contributed by atoms with E-state index in [9.17, 15) is 5.26 Å². The molecule has 2 aromatic rings. The summed E-state index contributed by atoms with van der Waals surface area (Å²) in [4.78, 5) is 6.36. The number of hydrogen-bond donors (Lipinski definition) is 1. The van der Waals surface area contributed by atoms with Crippen LogP contribution in [0.3, 0.4) is 0 Å². The molecule has 2 aliphatic rings. The Labute approximate surface area is 158 Å². The van der Waals surface area contributed by atoms with E-state index in [1.165, 1.54) is 28.6 Å². The monoisotopic (exact) mass is 399 g/mol. The SMILES string of the molecule is CCCN1C[C@H](CC#N)CC2c3cc(Br)cc4[nH]c(CC)c(c34)C[C@H]21. The standard InChI is InChI=1S/C21H26BrN3/c1-3-7-25-12-13(5-6-23)8-15-16-9-14(22)10-19-21(16)17(11-20(15)25)18(4-2)24-19/h9-10,13,15,20,24H,3-5,7-8,11-12H2,1-2H3/t13-,15?,20-/m1/s1. The normalized spacial score (nSPS) is 25.8. The molecular formula is C21H26BrN3. The number of nitrogens with zero attached hydrogens (tertiary/aromatic N) is 2. The average Bonchev–Trinajstić information content (AvgIpc) is 2.94. The molecule has 0 radical (unpaired) electrons. The van der Waals surface area contributed by atoms with Gasteiger partial charge in [0.2, 0.25) is 0 Å². The summed E-state index contributed by atoms with van der Waals surface area (Å²) in [7, 11) is 0. The molecule has 0 amide bonds. The molecule has 1 N–H and O–H groups in total. The minimum Gasteiger partial charge on any atom is -0.358 e. The zero-order chi connectivity index (χ0) is 17.6. The lowest BCUT2D eigenvalue weighted by Crippen LogP contribution is -2.50. The maximum absolute atomic E-state index is 9.24. The highest BCUT2D eigenvalue weighted by Crippen LogP contribution is 2.47. The highest BCUT2D eigenvalue weighted by Gasteiger charge is 2.41. The van der Waals surface area contributed by atoms with Crippen molar-refractivity contribution < 1.29 is 0 Å². The zero-order valence-corrected chi connectivity index (χ0v) is 16.7. The van der Waals surface area contributed by atoms with Gasteiger partial charge in [0.1, 0.15) is 0 Å². The molecule has 1 fully saturated rings. The predicted octanol–water partition coefficient (Wildman–Crippen LogP) is 5.15. The fourth-order valence-corrected chi connectivity index (χ4v) is 5.70. The molecule has 4 rings (SSSR count). The van der Waals surface area contributed by atoms with Gasteiger partial charge >= 0.3 is 0 Å². The Morgan fingerprint density at radius 3 is 2.92 bits per heavy atom. The van der Waals surface area contributed by atoms with Crippen LogP contribution in [0.1, 0.15) is 55.8 Å². The summed E-state index contributed by atoms with van der Waals surface area (Å²) >= 11 is 3.73. The van der Waals surface area contributed by atoms with Gasteiger partial charge in [-0.1, -0.05) is 29.8 Å². The highest BCUT2D eigenvalue weighted by atomic mass is 79.9. The summed E-state index contributed by atoms with van der Waals surface area (Å²) in [6.45, 7) is 6.74. The van der Waals surface area contributed by atoms with Crippen molar-refractivity contribution in [2.24, 2.45) is 5.92 Å². The number of benzene rings is 1. The van der Waals surface area contributed by atoms with E-state index in [0.29, 0.717) is 24.3 Å². The minimum absolute atomic E-state index is 0.498. The third kappa shape index (κ3) is 2.82. The summed E-state index contributed by atoms with van der Waals surface area (Å²) in [6.07, 6.45) is 5.22. The van der Waals surface area contributed by atoms with Crippen LogP contribution in [0.15, 0.2) is 16.6 Å². The first-order chi connectivity index (χ1) is 12.2. The predicted molar refractivity (Wildman–Crippen MR) is 106 cm³/mol. The van der Waals surface area contributed by atoms with E-state index >= 15 is 0 Å². The van der Waals surface area contributed by atoms with Crippen molar-refractivity contribution in [1.82, 2.24) is 9.88 Å². The van der Waals surface area contributed by atoms with Gasteiger partial charge in [-0.05, 0) is 61.4 Å². The van der Waals surface area contributed by atoms with Crippen LogP contribution in [0, 0.1) is 17.2 Å². The van der Waals surface area contributed by atoms with E-state index < -0.39 is 0 Å². The van der Waals surface area contributed by atoms with Crippen LogP contribution in [-0.4, -0.2) is 29.0 Å². The summed E-state index contributed by atoms with van der Waals surface area (Å²) < 4.78 is 1.16. The van der Waals surface area contributed by atoms with Crippen molar-refractivity contribution in [3.8, 4) is 6.07 Å². The average molecular weight is 400 g/mol. The Morgan fingerprint density at radius 2 is 2.20 bits per heavy atom. The van der Waals surface area contributed by atoms with E-state index in [1.807, 2.05) is 0 Å². The van der Waals surface area contributed by atoms with Crippen LogP contribution >= 0.6 is 15.9 Å². The molecule has 1 aromatic carbocycles. The summed E-state index contributed by atoms with van der Waals surface area (Å²) in [5.74, 6) is 1.05. The van der Waals surface area contributed by atoms with Crippen LogP contribution in [0.4, 0.5) is 0 Å². The van der Waals surface area contributed by atoms with E-state index in [0.717, 1.165) is 36.8 Å². The Bertz CT molecular complexity index is 832. The number of hydrogen-bond acceptors (Lipinski definition) is 2. The van der Waals surface area contributed by atoms with Crippen LogP contribution < -0.4 is 0 Å². The summed E-state index contributed by atoms with van der Waals surface area (Å²) in [5, 5.41) is 10.7. The van der Waals surface area contributed by atoms with Gasteiger partial charge in [-0.2, -0.15) is 5.26 Å². The van der Waals surface area contributed by atoms with E-state index in [4.69, 9.17) is 0 Å². The smallest absolute Gasteiger partial charge is 0.0625 e. The van der Waals surface area contributed by atoms with E-state index in [-0.39, 0.29) is 0 Å².